The van der Waals surface area contributed by atoms with Gasteiger partial charge < -0.3 is 15.6 Å². The first-order valence-corrected chi connectivity index (χ1v) is 7.14. The van der Waals surface area contributed by atoms with Crippen LogP contribution >= 0.6 is 0 Å². The smallest absolute Gasteiger partial charge is 0.339 e. The highest BCUT2D eigenvalue weighted by molar-refractivity contribution is 7.91. The number of rotatable bonds is 6. The Morgan fingerprint density at radius 3 is 2.67 bits per heavy atom. The Labute approximate surface area is 105 Å². The fourth-order valence-corrected chi connectivity index (χ4v) is 1.88. The monoisotopic (exact) mass is 273 g/mol. The minimum Gasteiger partial charge on any atom is -0.492 e. The molecule has 3 N–H and O–H groups in total. The van der Waals surface area contributed by atoms with E-state index in [2.05, 4.69) is 0 Å². The van der Waals surface area contributed by atoms with Crippen molar-refractivity contribution in [3.05, 3.63) is 23.8 Å². The SMILES string of the molecule is CCS(=O)(=O)CCOc1cc(N)ccc1C(=O)O. The maximum absolute atomic E-state index is 11.3. The number of sulfone groups is 1. The van der Waals surface area contributed by atoms with E-state index in [0.29, 0.717) is 5.69 Å². The van der Waals surface area contributed by atoms with Gasteiger partial charge in [-0.25, -0.2) is 13.2 Å². The van der Waals surface area contributed by atoms with Gasteiger partial charge >= 0.3 is 5.97 Å². The molecule has 0 unspecified atom stereocenters. The second-order valence-electron chi connectivity index (χ2n) is 3.65. The second-order valence-corrected chi connectivity index (χ2v) is 6.12. The topological polar surface area (TPSA) is 107 Å². The molecule has 1 aromatic carbocycles. The van der Waals surface area contributed by atoms with Crippen molar-refractivity contribution >= 4 is 21.5 Å². The molecule has 0 heterocycles. The van der Waals surface area contributed by atoms with E-state index in [9.17, 15) is 13.2 Å². The highest BCUT2D eigenvalue weighted by atomic mass is 32.2. The Morgan fingerprint density at radius 1 is 1.44 bits per heavy atom. The molecule has 0 atom stereocenters. The highest BCUT2D eigenvalue weighted by Gasteiger charge is 2.13. The lowest BCUT2D eigenvalue weighted by Gasteiger charge is -2.09. The van der Waals surface area contributed by atoms with E-state index in [4.69, 9.17) is 15.6 Å². The lowest BCUT2D eigenvalue weighted by atomic mass is 10.2. The molecule has 100 valence electrons. The molecule has 0 saturated carbocycles. The molecule has 0 amide bonds. The summed E-state index contributed by atoms with van der Waals surface area (Å²) in [6.07, 6.45) is 0. The van der Waals surface area contributed by atoms with E-state index in [1.807, 2.05) is 0 Å². The Morgan fingerprint density at radius 2 is 2.11 bits per heavy atom. The van der Waals surface area contributed by atoms with E-state index in [1.54, 1.807) is 6.92 Å². The lowest BCUT2D eigenvalue weighted by Crippen LogP contribution is -2.16. The van der Waals surface area contributed by atoms with Gasteiger partial charge in [0.15, 0.2) is 9.84 Å². The zero-order chi connectivity index (χ0) is 13.8. The van der Waals surface area contributed by atoms with Crippen molar-refractivity contribution in [2.75, 3.05) is 23.8 Å². The van der Waals surface area contributed by atoms with Gasteiger partial charge in [0.1, 0.15) is 17.9 Å². The van der Waals surface area contributed by atoms with Crippen LogP contribution in [-0.4, -0.2) is 37.6 Å². The standard InChI is InChI=1S/C11H15NO5S/c1-2-18(15,16)6-5-17-10-7-8(12)3-4-9(10)11(13)14/h3-4,7H,2,5-6,12H2,1H3,(H,13,14). The number of benzene rings is 1. The van der Waals surface area contributed by atoms with E-state index in [-0.39, 0.29) is 29.4 Å². The third-order valence-electron chi connectivity index (χ3n) is 2.33. The number of carboxylic acids is 1. The lowest BCUT2D eigenvalue weighted by molar-refractivity contribution is 0.0692. The van der Waals surface area contributed by atoms with Gasteiger partial charge in [0.2, 0.25) is 0 Å². The van der Waals surface area contributed by atoms with Crippen molar-refractivity contribution in [2.24, 2.45) is 0 Å². The maximum Gasteiger partial charge on any atom is 0.339 e. The Kier molecular flexibility index (Phi) is 4.55. The summed E-state index contributed by atoms with van der Waals surface area (Å²) in [6.45, 7) is 1.44. The molecular weight excluding hydrogens is 258 g/mol. The van der Waals surface area contributed by atoms with Crippen molar-refractivity contribution in [3.8, 4) is 5.75 Å². The van der Waals surface area contributed by atoms with Crippen LogP contribution in [0.4, 0.5) is 5.69 Å². The Hall–Kier alpha value is -1.76. The van der Waals surface area contributed by atoms with Crippen molar-refractivity contribution in [1.29, 1.82) is 0 Å². The summed E-state index contributed by atoms with van der Waals surface area (Å²) in [5.74, 6) is -1.20. The van der Waals surface area contributed by atoms with Gasteiger partial charge in [0, 0.05) is 17.5 Å². The van der Waals surface area contributed by atoms with Gasteiger partial charge in [-0.15, -0.1) is 0 Å². The number of anilines is 1. The van der Waals surface area contributed by atoms with Crippen LogP contribution in [0.2, 0.25) is 0 Å². The molecule has 0 saturated heterocycles. The van der Waals surface area contributed by atoms with Crippen molar-refractivity contribution in [1.82, 2.24) is 0 Å². The number of aromatic carboxylic acids is 1. The van der Waals surface area contributed by atoms with Crippen molar-refractivity contribution in [3.63, 3.8) is 0 Å². The molecule has 0 aliphatic rings. The predicted molar refractivity (Wildman–Crippen MR) is 67.6 cm³/mol. The normalized spacial score (nSPS) is 11.2. The summed E-state index contributed by atoms with van der Waals surface area (Å²) in [5, 5.41) is 8.92. The molecule has 1 aromatic rings. The van der Waals surface area contributed by atoms with Crippen LogP contribution in [0.1, 0.15) is 17.3 Å². The summed E-state index contributed by atoms with van der Waals surface area (Å²) in [4.78, 5) is 10.9. The molecule has 0 bridgehead atoms. The third-order valence-corrected chi connectivity index (χ3v) is 4.00. The van der Waals surface area contributed by atoms with Crippen molar-refractivity contribution < 1.29 is 23.1 Å². The molecule has 0 aliphatic carbocycles. The van der Waals surface area contributed by atoms with Gasteiger partial charge in [-0.3, -0.25) is 0 Å². The van der Waals surface area contributed by atoms with Crippen LogP contribution in [0.5, 0.6) is 5.75 Å². The van der Waals surface area contributed by atoms with E-state index in [0.717, 1.165) is 0 Å². The first kappa shape index (κ1) is 14.3. The largest absolute Gasteiger partial charge is 0.492 e. The van der Waals surface area contributed by atoms with Gasteiger partial charge in [-0.05, 0) is 12.1 Å². The van der Waals surface area contributed by atoms with Crippen LogP contribution in [0.15, 0.2) is 18.2 Å². The zero-order valence-corrected chi connectivity index (χ0v) is 10.7. The molecule has 0 spiro atoms. The van der Waals surface area contributed by atoms with Crippen LogP contribution in [0.3, 0.4) is 0 Å². The highest BCUT2D eigenvalue weighted by Crippen LogP contribution is 2.21. The summed E-state index contributed by atoms with van der Waals surface area (Å²) in [7, 11) is -3.14. The number of carboxylic acid groups (broad SMARTS) is 1. The molecule has 0 radical (unpaired) electrons. The summed E-state index contributed by atoms with van der Waals surface area (Å²) < 4.78 is 27.7. The van der Waals surface area contributed by atoms with Crippen LogP contribution in [0, 0.1) is 0 Å². The van der Waals surface area contributed by atoms with E-state index in [1.165, 1.54) is 18.2 Å². The summed E-state index contributed by atoms with van der Waals surface area (Å²) >= 11 is 0. The minimum atomic E-state index is -3.14. The van der Waals surface area contributed by atoms with Crippen LogP contribution < -0.4 is 10.5 Å². The summed E-state index contributed by atoms with van der Waals surface area (Å²) in [5.41, 5.74) is 5.83. The predicted octanol–water partition coefficient (Wildman–Crippen LogP) is 0.780. The summed E-state index contributed by atoms with van der Waals surface area (Å²) in [6, 6.07) is 4.13. The van der Waals surface area contributed by atoms with Gasteiger partial charge in [0.25, 0.3) is 0 Å². The molecular formula is C11H15NO5S. The van der Waals surface area contributed by atoms with Crippen LogP contribution in [-0.2, 0) is 9.84 Å². The fraction of sp³-hybridized carbons (Fsp3) is 0.364. The van der Waals surface area contributed by atoms with E-state index >= 15 is 0 Å². The fourth-order valence-electron chi connectivity index (χ4n) is 1.26. The second kappa shape index (κ2) is 5.72. The maximum atomic E-state index is 11.3. The quantitative estimate of drug-likeness (QED) is 0.742. The van der Waals surface area contributed by atoms with E-state index < -0.39 is 15.8 Å². The molecule has 0 aromatic heterocycles. The molecule has 1 rings (SSSR count). The number of ether oxygens (including phenoxy) is 1. The number of carbonyl (C=O) groups is 1. The number of hydrogen-bond acceptors (Lipinski definition) is 5. The number of nitrogens with two attached hydrogens (primary N) is 1. The zero-order valence-electron chi connectivity index (χ0n) is 9.92. The van der Waals surface area contributed by atoms with Crippen molar-refractivity contribution in [2.45, 2.75) is 6.92 Å². The molecule has 18 heavy (non-hydrogen) atoms. The van der Waals surface area contributed by atoms with Gasteiger partial charge in [-0.1, -0.05) is 6.92 Å². The number of hydrogen-bond donors (Lipinski definition) is 2. The Bertz CT molecular complexity index is 538. The van der Waals surface area contributed by atoms with Gasteiger partial charge in [0.05, 0.1) is 5.75 Å². The molecule has 6 nitrogen and oxygen atoms in total. The van der Waals surface area contributed by atoms with Gasteiger partial charge in [-0.2, -0.15) is 0 Å². The molecule has 0 fully saturated rings. The molecule has 7 heteroatoms. The minimum absolute atomic E-state index is 0.0269. The van der Waals surface area contributed by atoms with Crippen LogP contribution in [0.25, 0.3) is 0 Å². The molecule has 0 aliphatic heterocycles. The third kappa shape index (κ3) is 3.92. The Balaban J connectivity index is 2.78. The first-order chi connectivity index (χ1) is 8.35. The average molecular weight is 273 g/mol. The first-order valence-electron chi connectivity index (χ1n) is 5.32. The average Bonchev–Trinajstić information content (AvgIpc) is 2.28. The number of nitrogen functional groups attached to an aromatic ring is 1.